The first-order chi connectivity index (χ1) is 3.35. The molecule has 0 saturated carbocycles. The molecule has 0 atom stereocenters. The Morgan fingerprint density at radius 3 is 2.29 bits per heavy atom. The lowest BCUT2D eigenvalue weighted by molar-refractivity contribution is -0.104. The average molecular weight is 99.1 g/mol. The van der Waals surface area contributed by atoms with Gasteiger partial charge in [0.25, 0.3) is 0 Å². The van der Waals surface area contributed by atoms with Gasteiger partial charge < -0.3 is 10.5 Å². The highest BCUT2D eigenvalue weighted by Crippen LogP contribution is 1.75. The molecule has 0 saturated heterocycles. The molecule has 0 aliphatic carbocycles. The van der Waals surface area contributed by atoms with Crippen molar-refractivity contribution in [2.45, 2.75) is 0 Å². The maximum atomic E-state index is 9.59. The van der Waals surface area contributed by atoms with Gasteiger partial charge in [-0.25, -0.2) is 0 Å². The zero-order chi connectivity index (χ0) is 5.70. The molecule has 0 radical (unpaired) electrons. The van der Waals surface area contributed by atoms with E-state index in [4.69, 9.17) is 10.5 Å². The summed E-state index contributed by atoms with van der Waals surface area (Å²) in [6, 6.07) is 0. The second kappa shape index (κ2) is 3.08. The Morgan fingerprint density at radius 2 is 2.29 bits per heavy atom. The highest BCUT2D eigenvalue weighted by Gasteiger charge is 1.81. The average Bonchev–Trinajstić information content (AvgIpc) is 1.72. The fourth-order valence-corrected chi connectivity index (χ4v) is 0.102. The minimum atomic E-state index is -0.0278. The molecule has 0 unspecified atom stereocenters. The number of aliphatic hydroxyl groups excluding tert-OH is 1. The van der Waals surface area contributed by atoms with Gasteiger partial charge in [0.05, 0.1) is 11.8 Å². The molecule has 0 amide bonds. The summed E-state index contributed by atoms with van der Waals surface area (Å²) in [6.07, 6.45) is 1.75. The van der Waals surface area contributed by atoms with E-state index in [1.54, 1.807) is 0 Å². The van der Waals surface area contributed by atoms with Crippen LogP contribution in [0.1, 0.15) is 0 Å². The Bertz CT molecular complexity index is 96.3. The van der Waals surface area contributed by atoms with Crippen LogP contribution in [-0.2, 0) is 4.79 Å². The second-order valence-electron chi connectivity index (χ2n) is 0.891. The molecule has 0 aromatic rings. The summed E-state index contributed by atoms with van der Waals surface area (Å²) in [5.41, 5.74) is -0.0278. The number of allylic oxidation sites excluding steroid dienone is 1. The zero-order valence-corrected chi connectivity index (χ0v) is 3.59. The van der Waals surface area contributed by atoms with Crippen molar-refractivity contribution in [2.24, 2.45) is 0 Å². The van der Waals surface area contributed by atoms with E-state index in [0.29, 0.717) is 12.5 Å². The van der Waals surface area contributed by atoms with Gasteiger partial charge in [-0.2, -0.15) is 0 Å². The lowest BCUT2D eigenvalue weighted by Crippen LogP contribution is -1.82. The molecular weight excluding hydrogens is 94.0 g/mol. The number of nitrogens with one attached hydrogen (secondary N) is 1. The first-order valence-corrected chi connectivity index (χ1v) is 1.65. The summed E-state index contributed by atoms with van der Waals surface area (Å²) in [5, 5.41) is 14.4. The first kappa shape index (κ1) is 5.88. The first-order valence-electron chi connectivity index (χ1n) is 1.65. The maximum Gasteiger partial charge on any atom is 0.154 e. The summed E-state index contributed by atoms with van der Waals surface area (Å²) in [5.74, 6) is 0. The normalized spacial score (nSPS) is 10.6. The van der Waals surface area contributed by atoms with E-state index in [1.165, 1.54) is 0 Å². The predicted octanol–water partition coefficient (Wildman–Crippen LogP) is 0.277. The van der Waals surface area contributed by atoms with Crippen molar-refractivity contribution in [1.29, 1.82) is 5.41 Å². The molecule has 38 valence electrons. The molecule has 0 aliphatic heterocycles. The SMILES string of the molecule is N=C/C(C=O)=C/O. The molecule has 3 nitrogen and oxygen atoms in total. The van der Waals surface area contributed by atoms with Gasteiger partial charge in [-0.15, -0.1) is 0 Å². The Morgan fingerprint density at radius 1 is 1.71 bits per heavy atom. The molecule has 0 aromatic heterocycles. The van der Waals surface area contributed by atoms with Crippen LogP contribution in [0.4, 0.5) is 0 Å². The number of aldehydes is 1. The second-order valence-corrected chi connectivity index (χ2v) is 0.891. The quantitative estimate of drug-likeness (QED) is 0.226. The summed E-state index contributed by atoms with van der Waals surface area (Å²) in [6.45, 7) is 0. The highest BCUT2D eigenvalue weighted by atomic mass is 16.2. The maximum absolute atomic E-state index is 9.59. The highest BCUT2D eigenvalue weighted by molar-refractivity contribution is 5.99. The monoisotopic (exact) mass is 99.0 g/mol. The number of carbonyl (C=O) groups excluding carboxylic acids is 1. The minimum Gasteiger partial charge on any atom is -0.515 e. The van der Waals surface area contributed by atoms with Crippen molar-refractivity contribution in [1.82, 2.24) is 0 Å². The van der Waals surface area contributed by atoms with Gasteiger partial charge in [-0.05, 0) is 0 Å². The summed E-state index contributed by atoms with van der Waals surface area (Å²) >= 11 is 0. The third-order valence-electron chi connectivity index (χ3n) is 0.452. The Hall–Kier alpha value is -1.12. The van der Waals surface area contributed by atoms with Crippen LogP contribution < -0.4 is 0 Å². The number of carbonyl (C=O) groups is 1. The minimum absolute atomic E-state index is 0.0278. The van der Waals surface area contributed by atoms with Crippen LogP contribution in [0.2, 0.25) is 0 Å². The molecule has 0 fully saturated rings. The number of aliphatic hydroxyl groups is 1. The number of hydrogen-bond acceptors (Lipinski definition) is 3. The van der Waals surface area contributed by atoms with Crippen molar-refractivity contribution in [3.63, 3.8) is 0 Å². The van der Waals surface area contributed by atoms with E-state index in [9.17, 15) is 4.79 Å². The van der Waals surface area contributed by atoms with Crippen LogP contribution in [0.25, 0.3) is 0 Å². The molecule has 2 N–H and O–H groups in total. The van der Waals surface area contributed by atoms with Crippen molar-refractivity contribution in [3.8, 4) is 0 Å². The third-order valence-corrected chi connectivity index (χ3v) is 0.452. The summed E-state index contributed by atoms with van der Waals surface area (Å²) in [4.78, 5) is 9.59. The van der Waals surface area contributed by atoms with Crippen LogP contribution >= 0.6 is 0 Å². The van der Waals surface area contributed by atoms with Gasteiger partial charge in [-0.1, -0.05) is 0 Å². The standard InChI is InChI=1S/C4H5NO2/c5-1-4(2-6)3-7/h1-3,5-6H/b4-2-,5-1?. The lowest BCUT2D eigenvalue weighted by atomic mass is 10.4. The van der Waals surface area contributed by atoms with E-state index >= 15 is 0 Å². The molecule has 0 heterocycles. The zero-order valence-electron chi connectivity index (χ0n) is 3.59. The largest absolute Gasteiger partial charge is 0.515 e. The Kier molecular flexibility index (Phi) is 2.59. The molecule has 0 bridgehead atoms. The topological polar surface area (TPSA) is 61.2 Å². The van der Waals surface area contributed by atoms with E-state index in [0.717, 1.165) is 6.21 Å². The Labute approximate surface area is 40.8 Å². The predicted molar refractivity (Wildman–Crippen MR) is 25.6 cm³/mol. The van der Waals surface area contributed by atoms with Gasteiger partial charge in [0.15, 0.2) is 6.29 Å². The van der Waals surface area contributed by atoms with Crippen LogP contribution in [0.5, 0.6) is 0 Å². The van der Waals surface area contributed by atoms with Gasteiger partial charge in [0.1, 0.15) is 0 Å². The van der Waals surface area contributed by atoms with Crippen molar-refractivity contribution >= 4 is 12.5 Å². The van der Waals surface area contributed by atoms with Gasteiger partial charge in [-0.3, -0.25) is 4.79 Å². The summed E-state index contributed by atoms with van der Waals surface area (Å²) in [7, 11) is 0. The third kappa shape index (κ3) is 1.70. The molecule has 7 heavy (non-hydrogen) atoms. The molecule has 0 spiro atoms. The molecule has 0 aliphatic rings. The van der Waals surface area contributed by atoms with Gasteiger partial charge in [0, 0.05) is 6.21 Å². The van der Waals surface area contributed by atoms with Crippen molar-refractivity contribution < 1.29 is 9.90 Å². The van der Waals surface area contributed by atoms with Crippen LogP contribution in [0.15, 0.2) is 11.8 Å². The molecule has 0 rings (SSSR count). The van der Waals surface area contributed by atoms with Gasteiger partial charge >= 0.3 is 0 Å². The number of hydrogen-bond donors (Lipinski definition) is 2. The molecule has 3 heteroatoms. The molecular formula is C4H5NO2. The lowest BCUT2D eigenvalue weighted by Gasteiger charge is -1.75. The fourth-order valence-electron chi connectivity index (χ4n) is 0.102. The van der Waals surface area contributed by atoms with Crippen LogP contribution in [-0.4, -0.2) is 17.6 Å². The van der Waals surface area contributed by atoms with E-state index in [-0.39, 0.29) is 5.57 Å². The van der Waals surface area contributed by atoms with E-state index < -0.39 is 0 Å². The van der Waals surface area contributed by atoms with Crippen LogP contribution in [0, 0.1) is 5.41 Å². The van der Waals surface area contributed by atoms with Gasteiger partial charge in [0.2, 0.25) is 0 Å². The van der Waals surface area contributed by atoms with E-state index in [2.05, 4.69) is 0 Å². The molecule has 0 aromatic carbocycles. The number of rotatable bonds is 2. The fraction of sp³-hybridized carbons (Fsp3) is 0. The van der Waals surface area contributed by atoms with Crippen molar-refractivity contribution in [2.75, 3.05) is 0 Å². The summed E-state index contributed by atoms with van der Waals surface area (Å²) < 4.78 is 0. The Balaban J connectivity index is 3.85. The van der Waals surface area contributed by atoms with E-state index in [1.807, 2.05) is 0 Å². The van der Waals surface area contributed by atoms with Crippen molar-refractivity contribution in [3.05, 3.63) is 11.8 Å². The smallest absolute Gasteiger partial charge is 0.154 e. The van der Waals surface area contributed by atoms with Crippen LogP contribution in [0.3, 0.4) is 0 Å².